The summed E-state index contributed by atoms with van der Waals surface area (Å²) < 4.78 is 16.0. The van der Waals surface area contributed by atoms with E-state index >= 15 is 0 Å². The molecule has 1 aromatic heterocycles. The Balaban J connectivity index is 1.61. The molecule has 0 fully saturated rings. The first kappa shape index (κ1) is 21.7. The number of carbonyl (C=O) groups excluding carboxylic acids is 1. The van der Waals surface area contributed by atoms with Crippen molar-refractivity contribution in [3.63, 3.8) is 0 Å². The fraction of sp³-hybridized carbons (Fsp3) is 0.261. The van der Waals surface area contributed by atoms with E-state index in [4.69, 9.17) is 30.4 Å². The van der Waals surface area contributed by atoms with Crippen LogP contribution < -0.4 is 14.8 Å². The van der Waals surface area contributed by atoms with Gasteiger partial charge in [-0.15, -0.1) is 0 Å². The average Bonchev–Trinajstić information content (AvgIpc) is 3.42. The monoisotopic (exact) mass is 455 g/mol. The molecule has 0 aliphatic carbocycles. The van der Waals surface area contributed by atoms with Crippen LogP contribution in [0.5, 0.6) is 11.5 Å². The summed E-state index contributed by atoms with van der Waals surface area (Å²) in [5, 5.41) is 11.8. The van der Waals surface area contributed by atoms with Crippen LogP contribution in [0.25, 0.3) is 11.3 Å². The third kappa shape index (κ3) is 4.55. The fourth-order valence-corrected chi connectivity index (χ4v) is 3.42. The van der Waals surface area contributed by atoms with Crippen molar-refractivity contribution in [1.29, 1.82) is 0 Å². The van der Waals surface area contributed by atoms with Crippen LogP contribution in [-0.2, 0) is 4.84 Å². The molecular formula is C23H22ClN3O5. The average molecular weight is 456 g/mol. The summed E-state index contributed by atoms with van der Waals surface area (Å²) in [5.74, 6) is 1.27. The van der Waals surface area contributed by atoms with Crippen molar-refractivity contribution in [2.45, 2.75) is 26.7 Å². The minimum absolute atomic E-state index is 0.167. The number of oxime groups is 1. The molecule has 2 aromatic carbocycles. The predicted molar refractivity (Wildman–Crippen MR) is 119 cm³/mol. The molecule has 0 saturated carbocycles. The zero-order chi connectivity index (χ0) is 22.5. The van der Waals surface area contributed by atoms with Gasteiger partial charge in [0.1, 0.15) is 17.0 Å². The van der Waals surface area contributed by atoms with Crippen LogP contribution in [0.1, 0.15) is 41.4 Å². The van der Waals surface area contributed by atoms with E-state index in [0.29, 0.717) is 51.5 Å². The zero-order valence-corrected chi connectivity index (χ0v) is 18.4. The predicted octanol–water partition coefficient (Wildman–Crippen LogP) is 4.94. The molecule has 0 unspecified atom stereocenters. The van der Waals surface area contributed by atoms with Gasteiger partial charge in [-0.2, -0.15) is 0 Å². The molecule has 0 amide bonds. The molecule has 0 bridgehead atoms. The minimum Gasteiger partial charge on any atom is -0.454 e. The van der Waals surface area contributed by atoms with Gasteiger partial charge in [0.15, 0.2) is 17.3 Å². The van der Waals surface area contributed by atoms with E-state index in [1.165, 1.54) is 0 Å². The summed E-state index contributed by atoms with van der Waals surface area (Å²) in [6.07, 6.45) is 1.93. The molecule has 166 valence electrons. The highest BCUT2D eigenvalue weighted by atomic mass is 35.5. The number of aryl methyl sites for hydroxylation is 1. The van der Waals surface area contributed by atoms with E-state index in [9.17, 15) is 4.79 Å². The van der Waals surface area contributed by atoms with Crippen molar-refractivity contribution in [3.8, 4) is 22.8 Å². The number of fused-ring (bicyclic) bond motifs is 1. The number of ether oxygens (including phenoxy) is 2. The molecule has 3 aromatic rings. The quantitative estimate of drug-likeness (QED) is 0.177. The van der Waals surface area contributed by atoms with E-state index in [-0.39, 0.29) is 12.4 Å². The molecule has 0 spiro atoms. The van der Waals surface area contributed by atoms with Gasteiger partial charge in [0.25, 0.3) is 0 Å². The SMILES string of the molecule is CCCCN/C(=N\OC(=O)c1c(-c2ccccc2Cl)noc1C)c1ccc2c(c1)OCO2. The van der Waals surface area contributed by atoms with Crippen molar-refractivity contribution in [2.75, 3.05) is 13.3 Å². The number of amidine groups is 1. The number of nitrogens with one attached hydrogen (secondary N) is 1. The molecule has 2 heterocycles. The molecule has 0 atom stereocenters. The van der Waals surface area contributed by atoms with E-state index in [1.54, 1.807) is 43.3 Å². The van der Waals surface area contributed by atoms with E-state index < -0.39 is 5.97 Å². The van der Waals surface area contributed by atoms with Crippen molar-refractivity contribution >= 4 is 23.4 Å². The summed E-state index contributed by atoms with van der Waals surface area (Å²) in [6, 6.07) is 12.4. The molecule has 9 heteroatoms. The van der Waals surface area contributed by atoms with Crippen molar-refractivity contribution in [1.82, 2.24) is 10.5 Å². The van der Waals surface area contributed by atoms with Crippen molar-refractivity contribution in [2.24, 2.45) is 5.16 Å². The first-order valence-electron chi connectivity index (χ1n) is 10.2. The second-order valence-corrected chi connectivity index (χ2v) is 7.52. The Morgan fingerprint density at radius 1 is 1.22 bits per heavy atom. The maximum atomic E-state index is 12.9. The highest BCUT2D eigenvalue weighted by Gasteiger charge is 2.25. The third-order valence-electron chi connectivity index (χ3n) is 4.88. The normalized spacial score (nSPS) is 12.7. The van der Waals surface area contributed by atoms with Gasteiger partial charge in [0.2, 0.25) is 6.79 Å². The van der Waals surface area contributed by atoms with E-state index in [0.717, 1.165) is 12.8 Å². The number of unbranched alkanes of at least 4 members (excludes halogenated alkanes) is 1. The Morgan fingerprint density at radius 3 is 2.84 bits per heavy atom. The largest absolute Gasteiger partial charge is 0.454 e. The van der Waals surface area contributed by atoms with Crippen LogP contribution in [0.15, 0.2) is 52.1 Å². The van der Waals surface area contributed by atoms with Crippen molar-refractivity contribution < 1.29 is 23.6 Å². The summed E-state index contributed by atoms with van der Waals surface area (Å²) in [4.78, 5) is 18.2. The second kappa shape index (κ2) is 9.74. The van der Waals surface area contributed by atoms with Crippen LogP contribution in [0.2, 0.25) is 5.02 Å². The van der Waals surface area contributed by atoms with Gasteiger partial charge in [-0.25, -0.2) is 4.79 Å². The minimum atomic E-state index is -0.700. The number of hydrogen-bond acceptors (Lipinski definition) is 7. The van der Waals surface area contributed by atoms with E-state index in [1.807, 2.05) is 6.07 Å². The van der Waals surface area contributed by atoms with Crippen molar-refractivity contribution in [3.05, 3.63) is 64.4 Å². The number of aromatic nitrogens is 1. The van der Waals surface area contributed by atoms with E-state index in [2.05, 4.69) is 22.6 Å². The summed E-state index contributed by atoms with van der Waals surface area (Å²) in [6.45, 7) is 4.55. The van der Waals surface area contributed by atoms with Gasteiger partial charge >= 0.3 is 5.97 Å². The Morgan fingerprint density at radius 2 is 2.03 bits per heavy atom. The lowest BCUT2D eigenvalue weighted by Crippen LogP contribution is -2.26. The smallest absolute Gasteiger partial charge is 0.371 e. The number of hydrogen-bond donors (Lipinski definition) is 1. The number of nitrogens with zero attached hydrogens (tertiary/aromatic N) is 2. The standard InChI is InChI=1S/C23H22ClN3O5/c1-3-4-11-25-22(15-9-10-18-19(12-15)30-13-29-18)27-32-23(28)20-14(2)31-26-21(20)16-7-5-6-8-17(16)24/h5-10,12H,3-4,11,13H2,1-2H3,(H,25,27). The Labute approximate surface area is 190 Å². The number of benzene rings is 2. The fourth-order valence-electron chi connectivity index (χ4n) is 3.20. The van der Waals surface area contributed by atoms with Gasteiger partial charge < -0.3 is 24.2 Å². The van der Waals surface area contributed by atoms with Gasteiger partial charge in [0.05, 0.1) is 5.02 Å². The van der Waals surface area contributed by atoms with Crippen LogP contribution in [0.4, 0.5) is 0 Å². The van der Waals surface area contributed by atoms with Gasteiger partial charge in [-0.3, -0.25) is 0 Å². The Kier molecular flexibility index (Phi) is 6.61. The summed E-state index contributed by atoms with van der Waals surface area (Å²) >= 11 is 6.28. The third-order valence-corrected chi connectivity index (χ3v) is 5.21. The van der Waals surface area contributed by atoms with Gasteiger partial charge in [-0.1, -0.05) is 53.5 Å². The molecule has 0 radical (unpaired) electrons. The van der Waals surface area contributed by atoms with Gasteiger partial charge in [-0.05, 0) is 37.6 Å². The highest BCUT2D eigenvalue weighted by Crippen LogP contribution is 2.33. The van der Waals surface area contributed by atoms with Crippen LogP contribution >= 0.6 is 11.6 Å². The van der Waals surface area contributed by atoms with Crippen LogP contribution in [-0.4, -0.2) is 30.3 Å². The second-order valence-electron chi connectivity index (χ2n) is 7.11. The number of carbonyl (C=O) groups is 1. The number of rotatable bonds is 7. The molecule has 32 heavy (non-hydrogen) atoms. The molecule has 1 N–H and O–H groups in total. The molecule has 1 aliphatic heterocycles. The molecule has 1 aliphatic rings. The zero-order valence-electron chi connectivity index (χ0n) is 17.7. The lowest BCUT2D eigenvalue weighted by atomic mass is 10.1. The topological polar surface area (TPSA) is 95.2 Å². The lowest BCUT2D eigenvalue weighted by molar-refractivity contribution is 0.0513. The lowest BCUT2D eigenvalue weighted by Gasteiger charge is -2.10. The van der Waals surface area contributed by atoms with Crippen LogP contribution in [0.3, 0.4) is 0 Å². The highest BCUT2D eigenvalue weighted by molar-refractivity contribution is 6.33. The Bertz CT molecular complexity index is 1160. The maximum Gasteiger partial charge on any atom is 0.371 e. The maximum absolute atomic E-state index is 12.9. The van der Waals surface area contributed by atoms with Crippen LogP contribution in [0, 0.1) is 6.92 Å². The summed E-state index contributed by atoms with van der Waals surface area (Å²) in [5.41, 5.74) is 1.74. The molecular weight excluding hydrogens is 434 g/mol. The molecule has 8 nitrogen and oxygen atoms in total. The van der Waals surface area contributed by atoms with Gasteiger partial charge in [0, 0.05) is 17.7 Å². The Hall–Kier alpha value is -3.52. The molecule has 0 saturated heterocycles. The summed E-state index contributed by atoms with van der Waals surface area (Å²) in [7, 11) is 0. The number of halogens is 1. The molecule has 4 rings (SSSR count). The first-order valence-corrected chi connectivity index (χ1v) is 10.6. The first-order chi connectivity index (χ1) is 15.6.